The SMILES string of the molecule is c1ccc(C2=NC(c3ccc(-c4cccc(-n5c6ccc7ccccc7c6c6c7ccccc7ccc65)c4)cc3)=NC(c3ccccc3)N2)cc1. The first-order chi connectivity index (χ1) is 25.3. The Labute approximate surface area is 295 Å². The summed E-state index contributed by atoms with van der Waals surface area (Å²) in [6.07, 6.45) is -0.231. The van der Waals surface area contributed by atoms with Crippen LogP contribution in [0.4, 0.5) is 0 Å². The lowest BCUT2D eigenvalue weighted by Gasteiger charge is -2.23. The number of hydrogen-bond acceptors (Lipinski definition) is 3. The Balaban J connectivity index is 1.07. The molecule has 0 radical (unpaired) electrons. The summed E-state index contributed by atoms with van der Waals surface area (Å²) < 4.78 is 2.43. The van der Waals surface area contributed by atoms with Crippen LogP contribution in [-0.2, 0) is 0 Å². The fraction of sp³-hybridized carbons (Fsp3) is 0.0213. The van der Waals surface area contributed by atoms with E-state index in [-0.39, 0.29) is 6.17 Å². The molecule has 0 fully saturated rings. The van der Waals surface area contributed by atoms with E-state index >= 15 is 0 Å². The van der Waals surface area contributed by atoms with Crippen LogP contribution in [0, 0.1) is 0 Å². The lowest BCUT2D eigenvalue weighted by atomic mass is 10.00. The quantitative estimate of drug-likeness (QED) is 0.197. The predicted molar refractivity (Wildman–Crippen MR) is 213 cm³/mol. The largest absolute Gasteiger partial charge is 0.344 e. The fourth-order valence-electron chi connectivity index (χ4n) is 7.59. The number of nitrogens with zero attached hydrogens (tertiary/aromatic N) is 3. The number of benzene rings is 8. The third-order valence-corrected chi connectivity index (χ3v) is 10.0. The Morgan fingerprint density at radius 1 is 0.451 bits per heavy atom. The summed E-state index contributed by atoms with van der Waals surface area (Å²) >= 11 is 0. The van der Waals surface area contributed by atoms with Crippen LogP contribution in [-0.4, -0.2) is 16.2 Å². The van der Waals surface area contributed by atoms with Gasteiger partial charge in [-0.2, -0.15) is 0 Å². The Kier molecular flexibility index (Phi) is 6.85. The Bertz CT molecular complexity index is 2720. The third-order valence-electron chi connectivity index (χ3n) is 10.0. The molecule has 1 aliphatic rings. The summed E-state index contributed by atoms with van der Waals surface area (Å²) in [7, 11) is 0. The van der Waals surface area contributed by atoms with E-state index in [1.165, 1.54) is 43.4 Å². The van der Waals surface area contributed by atoms with Crippen molar-refractivity contribution in [1.29, 1.82) is 0 Å². The molecule has 10 rings (SSSR count). The monoisotopic (exact) mass is 652 g/mol. The molecule has 1 aliphatic heterocycles. The van der Waals surface area contributed by atoms with Crippen molar-refractivity contribution in [3.05, 3.63) is 199 Å². The van der Waals surface area contributed by atoms with Crippen LogP contribution in [0.25, 0.3) is 60.2 Å². The van der Waals surface area contributed by atoms with Crippen LogP contribution in [0.5, 0.6) is 0 Å². The molecule has 0 aliphatic carbocycles. The summed E-state index contributed by atoms with van der Waals surface area (Å²) in [5, 5.41) is 11.2. The number of amidine groups is 2. The average Bonchev–Trinajstić information content (AvgIpc) is 3.57. The van der Waals surface area contributed by atoms with E-state index < -0.39 is 0 Å². The highest BCUT2D eigenvalue weighted by Crippen LogP contribution is 2.41. The zero-order valence-electron chi connectivity index (χ0n) is 27.7. The minimum Gasteiger partial charge on any atom is -0.344 e. The van der Waals surface area contributed by atoms with Gasteiger partial charge in [0, 0.05) is 27.6 Å². The molecule has 9 aromatic rings. The topological polar surface area (TPSA) is 41.7 Å². The lowest BCUT2D eigenvalue weighted by Crippen LogP contribution is -2.33. The van der Waals surface area contributed by atoms with Crippen molar-refractivity contribution < 1.29 is 0 Å². The van der Waals surface area contributed by atoms with Crippen LogP contribution in [0.3, 0.4) is 0 Å². The maximum atomic E-state index is 5.06. The van der Waals surface area contributed by atoms with E-state index in [1.54, 1.807) is 0 Å². The fourth-order valence-corrected chi connectivity index (χ4v) is 7.59. The summed E-state index contributed by atoms with van der Waals surface area (Å²) in [5.74, 6) is 1.53. The summed E-state index contributed by atoms with van der Waals surface area (Å²) in [6.45, 7) is 0. The van der Waals surface area contributed by atoms with Gasteiger partial charge in [0.1, 0.15) is 12.0 Å². The van der Waals surface area contributed by atoms with E-state index in [4.69, 9.17) is 9.98 Å². The van der Waals surface area contributed by atoms with Crippen molar-refractivity contribution >= 4 is 55.0 Å². The summed E-state index contributed by atoms with van der Waals surface area (Å²) in [6, 6.07) is 64.6. The first-order valence-corrected chi connectivity index (χ1v) is 17.4. The third kappa shape index (κ3) is 5.00. The van der Waals surface area contributed by atoms with Crippen LogP contribution < -0.4 is 5.32 Å². The van der Waals surface area contributed by atoms with Crippen molar-refractivity contribution in [2.75, 3.05) is 0 Å². The molecule has 1 N–H and O–H groups in total. The molecule has 0 amide bonds. The number of nitrogens with one attached hydrogen (secondary N) is 1. The van der Waals surface area contributed by atoms with Crippen molar-refractivity contribution in [2.45, 2.75) is 6.17 Å². The number of aliphatic imine (C=N–C) groups is 2. The highest BCUT2D eigenvalue weighted by molar-refractivity contribution is 6.28. The number of aromatic nitrogens is 1. The van der Waals surface area contributed by atoms with E-state index in [2.05, 4.69) is 155 Å². The van der Waals surface area contributed by atoms with Crippen molar-refractivity contribution in [3.63, 3.8) is 0 Å². The molecule has 4 nitrogen and oxygen atoms in total. The molecule has 0 saturated carbocycles. The number of rotatable bonds is 5. The second-order valence-corrected chi connectivity index (χ2v) is 13.1. The van der Waals surface area contributed by atoms with Gasteiger partial charge in [0.15, 0.2) is 5.84 Å². The maximum absolute atomic E-state index is 5.06. The summed E-state index contributed by atoms with van der Waals surface area (Å²) in [5.41, 5.74) is 8.94. The zero-order chi connectivity index (χ0) is 33.7. The van der Waals surface area contributed by atoms with Gasteiger partial charge in [0.05, 0.1) is 11.0 Å². The summed E-state index contributed by atoms with van der Waals surface area (Å²) in [4.78, 5) is 10.1. The van der Waals surface area contributed by atoms with Crippen molar-refractivity contribution in [1.82, 2.24) is 9.88 Å². The Morgan fingerprint density at radius 3 is 1.69 bits per heavy atom. The average molecular weight is 653 g/mol. The van der Waals surface area contributed by atoms with E-state index in [1.807, 2.05) is 36.4 Å². The van der Waals surface area contributed by atoms with Gasteiger partial charge in [0.2, 0.25) is 0 Å². The van der Waals surface area contributed by atoms with Crippen molar-refractivity contribution in [2.24, 2.45) is 9.98 Å². The smallest absolute Gasteiger partial charge is 0.159 e. The maximum Gasteiger partial charge on any atom is 0.159 e. The predicted octanol–water partition coefficient (Wildman–Crippen LogP) is 11.3. The molecule has 51 heavy (non-hydrogen) atoms. The van der Waals surface area contributed by atoms with Gasteiger partial charge in [-0.05, 0) is 62.5 Å². The highest BCUT2D eigenvalue weighted by Gasteiger charge is 2.21. The zero-order valence-corrected chi connectivity index (χ0v) is 27.7. The van der Waals surface area contributed by atoms with Gasteiger partial charge in [0.25, 0.3) is 0 Å². The van der Waals surface area contributed by atoms with Gasteiger partial charge in [-0.1, -0.05) is 158 Å². The highest BCUT2D eigenvalue weighted by atomic mass is 15.2. The van der Waals surface area contributed by atoms with Gasteiger partial charge in [-0.25, -0.2) is 9.98 Å². The van der Waals surface area contributed by atoms with Gasteiger partial charge >= 0.3 is 0 Å². The van der Waals surface area contributed by atoms with Gasteiger partial charge in [-0.15, -0.1) is 0 Å². The Hall–Kier alpha value is -6.78. The van der Waals surface area contributed by atoms with E-state index in [0.29, 0.717) is 5.84 Å². The molecule has 0 saturated heterocycles. The minimum atomic E-state index is -0.231. The molecular formula is C47H32N4. The van der Waals surface area contributed by atoms with Crippen molar-refractivity contribution in [3.8, 4) is 16.8 Å². The number of fused-ring (bicyclic) bond motifs is 7. The van der Waals surface area contributed by atoms with E-state index in [0.717, 1.165) is 39.3 Å². The normalized spacial score (nSPS) is 14.5. The van der Waals surface area contributed by atoms with Gasteiger partial charge < -0.3 is 9.88 Å². The molecule has 0 bridgehead atoms. The second kappa shape index (κ2) is 12.0. The molecule has 240 valence electrons. The molecule has 1 atom stereocenters. The lowest BCUT2D eigenvalue weighted by molar-refractivity contribution is 0.674. The minimum absolute atomic E-state index is 0.231. The first kappa shape index (κ1) is 29.2. The van der Waals surface area contributed by atoms with Crippen LogP contribution in [0.2, 0.25) is 0 Å². The molecule has 4 heteroatoms. The van der Waals surface area contributed by atoms with Crippen LogP contribution in [0.15, 0.2) is 192 Å². The molecule has 1 aromatic heterocycles. The van der Waals surface area contributed by atoms with Gasteiger partial charge in [-0.3, -0.25) is 0 Å². The molecular weight excluding hydrogens is 621 g/mol. The van der Waals surface area contributed by atoms with Crippen LogP contribution >= 0.6 is 0 Å². The molecule has 0 spiro atoms. The molecule has 2 heterocycles. The molecule has 1 unspecified atom stereocenters. The standard InChI is InChI=1S/C47H32N4/c1-3-14-34(15-4-1)45-48-46(35-16-5-2-6-17-35)50-47(49-45)36-24-22-31(23-25-36)37-18-11-19-38(30-37)51-41-28-26-32-12-7-9-20-39(32)43(41)44-40-21-10-8-13-33(40)27-29-42(44)51/h1-30,45H,(H,48,49,50). The van der Waals surface area contributed by atoms with E-state index in [9.17, 15) is 0 Å². The van der Waals surface area contributed by atoms with Crippen LogP contribution in [0.1, 0.15) is 22.9 Å². The number of hydrogen-bond donors (Lipinski definition) is 1. The second-order valence-electron chi connectivity index (χ2n) is 13.1. The molecule has 8 aromatic carbocycles. The Morgan fingerprint density at radius 2 is 1.02 bits per heavy atom. The first-order valence-electron chi connectivity index (χ1n) is 17.4.